The second kappa shape index (κ2) is 5.33. The zero-order chi connectivity index (χ0) is 14.2. The Morgan fingerprint density at radius 3 is 2.42 bits per heavy atom. The summed E-state index contributed by atoms with van der Waals surface area (Å²) in [6, 6.07) is 5.34. The van der Waals surface area contributed by atoms with Gasteiger partial charge in [0.1, 0.15) is 0 Å². The molecule has 0 aliphatic rings. The summed E-state index contributed by atoms with van der Waals surface area (Å²) < 4.78 is 13.3. The highest BCUT2D eigenvalue weighted by Crippen LogP contribution is 2.37. The van der Waals surface area contributed by atoms with E-state index in [0.29, 0.717) is 5.56 Å². The van der Waals surface area contributed by atoms with Crippen LogP contribution in [0.2, 0.25) is 15.1 Å². The molecule has 1 aromatic heterocycles. The third kappa shape index (κ3) is 2.66. The molecule has 2 rings (SSSR count). The Bertz CT molecular complexity index is 676. The number of aromatic carboxylic acids is 1. The molecule has 0 aliphatic carbocycles. The predicted molar refractivity (Wildman–Crippen MR) is 71.6 cm³/mol. The Kier molecular flexibility index (Phi) is 3.94. The zero-order valence-corrected chi connectivity index (χ0v) is 11.4. The van der Waals surface area contributed by atoms with Gasteiger partial charge in [-0.1, -0.05) is 34.8 Å². The third-order valence-electron chi connectivity index (χ3n) is 2.36. The van der Waals surface area contributed by atoms with Gasteiger partial charge >= 0.3 is 5.97 Å². The maximum atomic E-state index is 13.3. The van der Waals surface area contributed by atoms with Crippen LogP contribution in [-0.4, -0.2) is 16.1 Å². The molecule has 1 N–H and O–H groups in total. The van der Waals surface area contributed by atoms with Crippen molar-refractivity contribution in [1.82, 2.24) is 4.98 Å². The summed E-state index contributed by atoms with van der Waals surface area (Å²) in [6.45, 7) is 0. The summed E-state index contributed by atoms with van der Waals surface area (Å²) in [7, 11) is 0. The van der Waals surface area contributed by atoms with Crippen molar-refractivity contribution in [3.05, 3.63) is 50.8 Å². The Morgan fingerprint density at radius 1 is 1.11 bits per heavy atom. The summed E-state index contributed by atoms with van der Waals surface area (Å²) in [5.74, 6) is -2.39. The number of hydrogen-bond acceptors (Lipinski definition) is 2. The number of carboxylic acid groups (broad SMARTS) is 1. The van der Waals surface area contributed by atoms with Crippen molar-refractivity contribution in [1.29, 1.82) is 0 Å². The number of carbonyl (C=O) groups is 1. The normalized spacial score (nSPS) is 10.5. The molecule has 0 atom stereocenters. The quantitative estimate of drug-likeness (QED) is 0.826. The lowest BCUT2D eigenvalue weighted by molar-refractivity contribution is 0.0685. The Labute approximate surface area is 122 Å². The molecular formula is C12H5Cl3FNO2. The van der Waals surface area contributed by atoms with E-state index in [0.717, 1.165) is 6.07 Å². The topological polar surface area (TPSA) is 50.2 Å². The van der Waals surface area contributed by atoms with Gasteiger partial charge in [0.05, 0.1) is 20.8 Å². The molecule has 98 valence electrons. The first-order chi connectivity index (χ1) is 8.91. The van der Waals surface area contributed by atoms with Gasteiger partial charge in [0.2, 0.25) is 0 Å². The Morgan fingerprint density at radius 2 is 1.79 bits per heavy atom. The minimum Gasteiger partial charge on any atom is -0.476 e. The molecule has 3 nitrogen and oxygen atoms in total. The maximum absolute atomic E-state index is 13.3. The van der Waals surface area contributed by atoms with Crippen LogP contribution in [0, 0.1) is 5.82 Å². The monoisotopic (exact) mass is 319 g/mol. The van der Waals surface area contributed by atoms with Gasteiger partial charge in [-0.15, -0.1) is 0 Å². The fourth-order valence-corrected chi connectivity index (χ4v) is 2.10. The number of pyridine rings is 1. The largest absolute Gasteiger partial charge is 0.476 e. The van der Waals surface area contributed by atoms with Crippen LogP contribution in [0.5, 0.6) is 0 Å². The van der Waals surface area contributed by atoms with Crippen LogP contribution in [0.15, 0.2) is 24.3 Å². The SMILES string of the molecule is O=C(O)c1nc(-c2ccc(Cl)c(Cl)c2Cl)ccc1F. The lowest BCUT2D eigenvalue weighted by Crippen LogP contribution is -2.05. The van der Waals surface area contributed by atoms with Crippen molar-refractivity contribution in [2.75, 3.05) is 0 Å². The van der Waals surface area contributed by atoms with Gasteiger partial charge in [-0.25, -0.2) is 14.2 Å². The molecule has 0 spiro atoms. The average molecular weight is 321 g/mol. The third-order valence-corrected chi connectivity index (χ3v) is 3.65. The van der Waals surface area contributed by atoms with Gasteiger partial charge in [0, 0.05) is 5.56 Å². The molecule has 1 heterocycles. The minimum atomic E-state index is -1.46. The van der Waals surface area contributed by atoms with E-state index < -0.39 is 17.5 Å². The lowest BCUT2D eigenvalue weighted by atomic mass is 10.1. The fourth-order valence-electron chi connectivity index (χ4n) is 1.47. The number of rotatable bonds is 2. The summed E-state index contributed by atoms with van der Waals surface area (Å²) in [4.78, 5) is 14.5. The Hall–Kier alpha value is -1.36. The number of carboxylic acids is 1. The van der Waals surface area contributed by atoms with E-state index in [2.05, 4.69) is 4.98 Å². The van der Waals surface area contributed by atoms with Gasteiger partial charge < -0.3 is 5.11 Å². The van der Waals surface area contributed by atoms with Gasteiger partial charge in [-0.05, 0) is 24.3 Å². The highest BCUT2D eigenvalue weighted by molar-refractivity contribution is 6.49. The van der Waals surface area contributed by atoms with E-state index in [1.165, 1.54) is 18.2 Å². The number of benzene rings is 1. The summed E-state index contributed by atoms with van der Waals surface area (Å²) in [5, 5.41) is 9.34. The molecule has 0 saturated carbocycles. The van der Waals surface area contributed by atoms with E-state index in [9.17, 15) is 9.18 Å². The zero-order valence-electron chi connectivity index (χ0n) is 9.12. The molecule has 0 bridgehead atoms. The smallest absolute Gasteiger partial charge is 0.357 e. The first kappa shape index (κ1) is 14.1. The van der Waals surface area contributed by atoms with E-state index in [4.69, 9.17) is 39.9 Å². The standard InChI is InChI=1S/C12H5Cl3FNO2/c13-6-2-1-5(9(14)10(6)15)8-4-3-7(16)11(17-8)12(18)19/h1-4H,(H,18,19). The fraction of sp³-hybridized carbons (Fsp3) is 0. The van der Waals surface area contributed by atoms with Crippen molar-refractivity contribution >= 4 is 40.8 Å². The number of aromatic nitrogens is 1. The van der Waals surface area contributed by atoms with E-state index in [1.54, 1.807) is 0 Å². The van der Waals surface area contributed by atoms with Crippen LogP contribution in [0.4, 0.5) is 4.39 Å². The molecular weight excluding hydrogens is 315 g/mol. The van der Waals surface area contributed by atoms with Gasteiger partial charge in [-0.2, -0.15) is 0 Å². The van der Waals surface area contributed by atoms with Crippen LogP contribution in [-0.2, 0) is 0 Å². The highest BCUT2D eigenvalue weighted by atomic mass is 35.5. The molecule has 0 radical (unpaired) electrons. The van der Waals surface area contributed by atoms with Crippen LogP contribution in [0.25, 0.3) is 11.3 Å². The van der Waals surface area contributed by atoms with Crippen LogP contribution < -0.4 is 0 Å². The van der Waals surface area contributed by atoms with Crippen molar-refractivity contribution in [3.8, 4) is 11.3 Å². The molecule has 0 saturated heterocycles. The van der Waals surface area contributed by atoms with Crippen molar-refractivity contribution in [2.24, 2.45) is 0 Å². The van der Waals surface area contributed by atoms with Crippen LogP contribution in [0.3, 0.4) is 0 Å². The summed E-state index contributed by atoms with van der Waals surface area (Å²) in [6.07, 6.45) is 0. The number of nitrogens with zero attached hydrogens (tertiary/aromatic N) is 1. The molecule has 0 fully saturated rings. The van der Waals surface area contributed by atoms with E-state index in [1.807, 2.05) is 0 Å². The second-order valence-corrected chi connectivity index (χ2v) is 4.72. The highest BCUT2D eigenvalue weighted by Gasteiger charge is 2.16. The number of hydrogen-bond donors (Lipinski definition) is 1. The first-order valence-corrected chi connectivity index (χ1v) is 6.09. The van der Waals surface area contributed by atoms with Crippen LogP contribution >= 0.6 is 34.8 Å². The summed E-state index contributed by atoms with van der Waals surface area (Å²) >= 11 is 17.7. The van der Waals surface area contributed by atoms with Crippen molar-refractivity contribution in [2.45, 2.75) is 0 Å². The second-order valence-electron chi connectivity index (χ2n) is 3.55. The lowest BCUT2D eigenvalue weighted by Gasteiger charge is -2.07. The van der Waals surface area contributed by atoms with E-state index >= 15 is 0 Å². The number of halogens is 4. The molecule has 0 unspecified atom stereocenters. The van der Waals surface area contributed by atoms with Crippen molar-refractivity contribution in [3.63, 3.8) is 0 Å². The molecule has 7 heteroatoms. The van der Waals surface area contributed by atoms with Gasteiger partial charge in [-0.3, -0.25) is 0 Å². The van der Waals surface area contributed by atoms with E-state index in [-0.39, 0.29) is 20.8 Å². The molecule has 2 aromatic rings. The predicted octanol–water partition coefficient (Wildman–Crippen LogP) is 4.55. The van der Waals surface area contributed by atoms with Crippen LogP contribution in [0.1, 0.15) is 10.5 Å². The minimum absolute atomic E-state index is 0.129. The van der Waals surface area contributed by atoms with Crippen molar-refractivity contribution < 1.29 is 14.3 Å². The molecule has 0 aliphatic heterocycles. The average Bonchev–Trinajstić information content (AvgIpc) is 2.37. The first-order valence-electron chi connectivity index (χ1n) is 4.95. The van der Waals surface area contributed by atoms with Gasteiger partial charge in [0.25, 0.3) is 0 Å². The molecule has 0 amide bonds. The maximum Gasteiger partial charge on any atom is 0.357 e. The summed E-state index contributed by atoms with van der Waals surface area (Å²) in [5.41, 5.74) is -0.111. The molecule has 1 aromatic carbocycles. The Balaban J connectivity index is 2.63. The molecule has 19 heavy (non-hydrogen) atoms. The van der Waals surface area contributed by atoms with Gasteiger partial charge in [0.15, 0.2) is 11.5 Å².